The normalized spacial score (nSPS) is 16.8. The summed E-state index contributed by atoms with van der Waals surface area (Å²) in [5.74, 6) is 0.859. The van der Waals surface area contributed by atoms with Gasteiger partial charge in [-0.3, -0.25) is 0 Å². The van der Waals surface area contributed by atoms with E-state index in [1.165, 1.54) is 12.8 Å². The first-order valence-corrected chi connectivity index (χ1v) is 8.15. The summed E-state index contributed by atoms with van der Waals surface area (Å²) in [6.07, 6.45) is 6.37. The number of carbonyl (C=O) groups excluding carboxylic acids is 1. The van der Waals surface area contributed by atoms with Crippen LogP contribution < -0.4 is 16.4 Å². The van der Waals surface area contributed by atoms with Crippen molar-refractivity contribution < 1.29 is 9.53 Å². The average Bonchev–Trinajstić information content (AvgIpc) is 3.21. The Morgan fingerprint density at radius 2 is 2.08 bits per heavy atom. The molecule has 0 unspecified atom stereocenters. The molecule has 2 aliphatic rings. The molecule has 4 rings (SSSR count). The van der Waals surface area contributed by atoms with Gasteiger partial charge in [0.25, 0.3) is 0 Å². The number of esters is 1. The molecule has 2 aromatic rings. The molecule has 0 spiro atoms. The Hall–Kier alpha value is -2.83. The lowest BCUT2D eigenvalue weighted by Gasteiger charge is -2.15. The van der Waals surface area contributed by atoms with Crippen LogP contribution in [0.15, 0.2) is 24.4 Å². The molecule has 0 atom stereocenters. The van der Waals surface area contributed by atoms with Crippen molar-refractivity contribution in [3.8, 4) is 0 Å². The number of anilines is 4. The fraction of sp³-hybridized carbons (Fsp3) is 0.353. The maximum atomic E-state index is 11.5. The zero-order valence-corrected chi connectivity index (χ0v) is 13.2. The maximum Gasteiger partial charge on any atom is 0.338 e. The van der Waals surface area contributed by atoms with E-state index >= 15 is 0 Å². The zero-order chi connectivity index (χ0) is 16.5. The lowest BCUT2D eigenvalue weighted by atomic mass is 10.1. The molecule has 4 N–H and O–H groups in total. The Kier molecular flexibility index (Phi) is 3.68. The number of carbonyl (C=O) groups is 1. The number of benzene rings is 1. The molecule has 0 radical (unpaired) electrons. The summed E-state index contributed by atoms with van der Waals surface area (Å²) in [4.78, 5) is 20.2. The molecule has 0 bridgehead atoms. The summed E-state index contributed by atoms with van der Waals surface area (Å²) < 4.78 is 5.01. The van der Waals surface area contributed by atoms with Crippen molar-refractivity contribution in [3.63, 3.8) is 0 Å². The molecule has 1 saturated carbocycles. The second-order valence-corrected chi connectivity index (χ2v) is 6.20. The number of aromatic nitrogens is 2. The minimum Gasteiger partial charge on any atom is -0.457 e. The highest BCUT2D eigenvalue weighted by Gasteiger charge is 2.21. The van der Waals surface area contributed by atoms with Crippen molar-refractivity contribution in [1.82, 2.24) is 9.97 Å². The number of cyclic esters (lactones) is 1. The van der Waals surface area contributed by atoms with Crippen LogP contribution >= 0.6 is 0 Å². The molecule has 7 nitrogen and oxygen atoms in total. The first-order valence-electron chi connectivity index (χ1n) is 8.15. The van der Waals surface area contributed by atoms with Crippen molar-refractivity contribution in [2.45, 2.75) is 38.3 Å². The topological polar surface area (TPSA) is 102 Å². The van der Waals surface area contributed by atoms with Crippen LogP contribution in [0.3, 0.4) is 0 Å². The van der Waals surface area contributed by atoms with Gasteiger partial charge in [0.1, 0.15) is 6.61 Å². The molecule has 1 aromatic heterocycles. The average molecular weight is 325 g/mol. The monoisotopic (exact) mass is 325 g/mol. The number of nitrogens with zero attached hydrogens (tertiary/aromatic N) is 2. The molecular formula is C17H19N5O2. The third-order valence-electron chi connectivity index (χ3n) is 4.45. The van der Waals surface area contributed by atoms with Crippen LogP contribution in [-0.4, -0.2) is 22.0 Å². The number of rotatable bonds is 4. The molecule has 7 heteroatoms. The zero-order valence-electron chi connectivity index (χ0n) is 13.2. The fourth-order valence-electron chi connectivity index (χ4n) is 3.17. The Morgan fingerprint density at radius 1 is 1.25 bits per heavy atom. The number of nitrogens with two attached hydrogens (primary N) is 1. The maximum absolute atomic E-state index is 11.5. The summed E-state index contributed by atoms with van der Waals surface area (Å²) in [6, 6.07) is 5.87. The molecule has 0 amide bonds. The number of hydrogen-bond acceptors (Lipinski definition) is 7. The summed E-state index contributed by atoms with van der Waals surface area (Å²) in [5.41, 5.74) is 8.81. The van der Waals surface area contributed by atoms with Gasteiger partial charge in [-0.2, -0.15) is 4.98 Å². The van der Waals surface area contributed by atoms with Crippen molar-refractivity contribution in [2.75, 3.05) is 16.4 Å². The molecule has 1 fully saturated rings. The van der Waals surface area contributed by atoms with Gasteiger partial charge in [0.05, 0.1) is 17.4 Å². The number of nitrogens with one attached hydrogen (secondary N) is 2. The van der Waals surface area contributed by atoms with Crippen molar-refractivity contribution in [1.29, 1.82) is 0 Å². The van der Waals surface area contributed by atoms with Gasteiger partial charge in [0.2, 0.25) is 5.95 Å². The number of ether oxygens (including phenoxy) is 1. The Bertz CT molecular complexity index is 787. The number of fused-ring (bicyclic) bond motifs is 1. The summed E-state index contributed by atoms with van der Waals surface area (Å²) >= 11 is 0. The molecule has 124 valence electrons. The molecule has 1 aliphatic carbocycles. The van der Waals surface area contributed by atoms with Gasteiger partial charge in [0, 0.05) is 17.3 Å². The third kappa shape index (κ3) is 2.84. The van der Waals surface area contributed by atoms with Gasteiger partial charge < -0.3 is 21.1 Å². The van der Waals surface area contributed by atoms with E-state index in [0.29, 0.717) is 35.7 Å². The lowest BCUT2D eigenvalue weighted by molar-refractivity contribution is 0.0535. The first-order chi connectivity index (χ1) is 11.7. The van der Waals surface area contributed by atoms with Gasteiger partial charge >= 0.3 is 5.97 Å². The van der Waals surface area contributed by atoms with Crippen molar-refractivity contribution in [2.24, 2.45) is 0 Å². The van der Waals surface area contributed by atoms with Crippen molar-refractivity contribution >= 4 is 29.1 Å². The summed E-state index contributed by atoms with van der Waals surface area (Å²) in [5, 5.41) is 6.56. The second-order valence-electron chi connectivity index (χ2n) is 6.20. The predicted octanol–water partition coefficient (Wildman–Crippen LogP) is 2.83. The highest BCUT2D eigenvalue weighted by atomic mass is 16.5. The van der Waals surface area contributed by atoms with Crippen molar-refractivity contribution in [3.05, 3.63) is 35.5 Å². The van der Waals surface area contributed by atoms with Crippen LogP contribution in [0.2, 0.25) is 0 Å². The predicted molar refractivity (Wildman–Crippen MR) is 91.2 cm³/mol. The van der Waals surface area contributed by atoms with E-state index < -0.39 is 0 Å². The van der Waals surface area contributed by atoms with Gasteiger partial charge in [-0.1, -0.05) is 12.8 Å². The summed E-state index contributed by atoms with van der Waals surface area (Å²) in [6.45, 7) is 0.306. The van der Waals surface area contributed by atoms with Crippen LogP contribution in [0.25, 0.3) is 0 Å². The molecule has 1 aromatic carbocycles. The fourth-order valence-corrected chi connectivity index (χ4v) is 3.17. The van der Waals surface area contributed by atoms with Crippen LogP contribution in [-0.2, 0) is 11.3 Å². The van der Waals surface area contributed by atoms with E-state index in [4.69, 9.17) is 10.5 Å². The van der Waals surface area contributed by atoms with Crippen LogP contribution in [0.4, 0.5) is 23.1 Å². The van der Waals surface area contributed by atoms with Gasteiger partial charge in [-0.05, 0) is 31.0 Å². The van der Waals surface area contributed by atoms with Gasteiger partial charge in [0.15, 0.2) is 5.82 Å². The number of nitrogen functional groups attached to an aromatic ring is 1. The van der Waals surface area contributed by atoms with E-state index in [0.717, 1.165) is 24.1 Å². The highest BCUT2D eigenvalue weighted by molar-refractivity contribution is 5.94. The Labute approximate surface area is 139 Å². The van der Waals surface area contributed by atoms with E-state index in [2.05, 4.69) is 20.6 Å². The van der Waals surface area contributed by atoms with E-state index in [1.54, 1.807) is 12.3 Å². The van der Waals surface area contributed by atoms with Gasteiger partial charge in [-0.15, -0.1) is 0 Å². The number of hydrogen-bond donors (Lipinski definition) is 3. The second kappa shape index (κ2) is 5.99. The SMILES string of the molecule is Nc1cnc(Nc2ccc3c(c2)COC3=O)nc1NC1CCCC1. The van der Waals surface area contributed by atoms with Crippen LogP contribution in [0.5, 0.6) is 0 Å². The molecule has 2 heterocycles. The quantitative estimate of drug-likeness (QED) is 0.743. The smallest absolute Gasteiger partial charge is 0.338 e. The first kappa shape index (κ1) is 14.7. The largest absolute Gasteiger partial charge is 0.457 e. The minimum absolute atomic E-state index is 0.275. The molecular weight excluding hydrogens is 306 g/mol. The molecule has 24 heavy (non-hydrogen) atoms. The Balaban J connectivity index is 1.53. The summed E-state index contributed by atoms with van der Waals surface area (Å²) in [7, 11) is 0. The van der Waals surface area contributed by atoms with Crippen LogP contribution in [0, 0.1) is 0 Å². The van der Waals surface area contributed by atoms with Gasteiger partial charge in [-0.25, -0.2) is 9.78 Å². The lowest BCUT2D eigenvalue weighted by Crippen LogP contribution is -2.17. The third-order valence-corrected chi connectivity index (χ3v) is 4.45. The minimum atomic E-state index is -0.275. The molecule has 1 aliphatic heterocycles. The van der Waals surface area contributed by atoms with Crippen LogP contribution in [0.1, 0.15) is 41.6 Å². The van der Waals surface area contributed by atoms with E-state index in [1.807, 2.05) is 12.1 Å². The standard InChI is InChI=1S/C17H19N5O2/c18-14-8-19-17(22-15(14)20-11-3-1-2-4-11)21-12-5-6-13-10(7-12)9-24-16(13)23/h5-8,11H,1-4,9,18H2,(H2,19,20,21,22). The molecule has 0 saturated heterocycles. The highest BCUT2D eigenvalue weighted by Crippen LogP contribution is 2.27. The van der Waals surface area contributed by atoms with E-state index in [-0.39, 0.29) is 5.97 Å². The van der Waals surface area contributed by atoms with E-state index in [9.17, 15) is 4.79 Å². The Morgan fingerprint density at radius 3 is 2.92 bits per heavy atom.